The summed E-state index contributed by atoms with van der Waals surface area (Å²) >= 11 is 0. The van der Waals surface area contributed by atoms with E-state index >= 15 is 0 Å². The summed E-state index contributed by atoms with van der Waals surface area (Å²) in [6.07, 6.45) is 1.02. The van der Waals surface area contributed by atoms with Crippen molar-refractivity contribution in [2.24, 2.45) is 0 Å². The third kappa shape index (κ3) is 3.17. The van der Waals surface area contributed by atoms with Gasteiger partial charge in [-0.25, -0.2) is 0 Å². The van der Waals surface area contributed by atoms with Crippen molar-refractivity contribution in [3.8, 4) is 0 Å². The Bertz CT molecular complexity index is 475. The number of aliphatic hydroxyl groups excluding tert-OH is 1. The molecule has 20 heavy (non-hydrogen) atoms. The summed E-state index contributed by atoms with van der Waals surface area (Å²) in [5.41, 5.74) is 1.01. The molecule has 2 amide bonds. The van der Waals surface area contributed by atoms with E-state index in [0.717, 1.165) is 5.56 Å². The number of likely N-dealkylation sites (N-methyl/N-ethyl adjacent to an activating group) is 1. The zero-order valence-corrected chi connectivity index (χ0v) is 11.7. The van der Waals surface area contributed by atoms with Crippen LogP contribution in [0.25, 0.3) is 0 Å². The molecule has 5 heteroatoms. The van der Waals surface area contributed by atoms with Gasteiger partial charge >= 0.3 is 0 Å². The molecule has 0 spiro atoms. The molecular formula is C15H20N2O3. The first kappa shape index (κ1) is 14.5. The highest BCUT2D eigenvalue weighted by Gasteiger charge is 2.36. The zero-order valence-electron chi connectivity index (χ0n) is 11.7. The lowest BCUT2D eigenvalue weighted by molar-refractivity contribution is -0.155. The van der Waals surface area contributed by atoms with Crippen LogP contribution in [0.2, 0.25) is 0 Å². The van der Waals surface area contributed by atoms with E-state index in [4.69, 9.17) is 5.11 Å². The highest BCUT2D eigenvalue weighted by atomic mass is 16.3. The number of hydrogen-bond donors (Lipinski definition) is 1. The molecule has 108 valence electrons. The summed E-state index contributed by atoms with van der Waals surface area (Å²) in [5, 5.41) is 8.91. The van der Waals surface area contributed by atoms with Crippen molar-refractivity contribution >= 4 is 11.8 Å². The molecule has 1 saturated heterocycles. The normalized spacial score (nSPS) is 19.6. The number of benzene rings is 1. The predicted octanol–water partition coefficient (Wildman–Crippen LogP) is 0.628. The van der Waals surface area contributed by atoms with Crippen LogP contribution in [0, 0.1) is 0 Å². The molecule has 1 aromatic carbocycles. The van der Waals surface area contributed by atoms with Gasteiger partial charge in [0.25, 0.3) is 0 Å². The number of carbonyl (C=O) groups is 2. The third-order valence-electron chi connectivity index (χ3n) is 3.64. The highest BCUT2D eigenvalue weighted by Crippen LogP contribution is 2.17. The molecule has 0 bridgehead atoms. The molecular weight excluding hydrogens is 256 g/mol. The standard InChI is InChI=1S/C15H20N2O3/c1-16-13(8-5-9-18)15(20)17(11-14(16)19)10-12-6-3-2-4-7-12/h2-4,6-7,13,18H,5,8-11H2,1H3. The largest absolute Gasteiger partial charge is 0.396 e. The van der Waals surface area contributed by atoms with Crippen molar-refractivity contribution in [1.29, 1.82) is 0 Å². The Hall–Kier alpha value is -1.88. The predicted molar refractivity (Wildman–Crippen MR) is 74.7 cm³/mol. The van der Waals surface area contributed by atoms with Gasteiger partial charge in [-0.2, -0.15) is 0 Å². The second kappa shape index (κ2) is 6.52. The lowest BCUT2D eigenvalue weighted by Crippen LogP contribution is -2.58. The molecule has 1 N–H and O–H groups in total. The SMILES string of the molecule is CN1C(=O)CN(Cc2ccccc2)C(=O)C1CCCO. The average molecular weight is 276 g/mol. The van der Waals surface area contributed by atoms with E-state index in [0.29, 0.717) is 19.4 Å². The Kier molecular flexibility index (Phi) is 4.74. The topological polar surface area (TPSA) is 60.9 Å². The van der Waals surface area contributed by atoms with Crippen LogP contribution in [-0.4, -0.2) is 53.0 Å². The molecule has 0 radical (unpaired) electrons. The van der Waals surface area contributed by atoms with Crippen molar-refractivity contribution in [3.63, 3.8) is 0 Å². The molecule has 0 aromatic heterocycles. The molecule has 1 heterocycles. The molecule has 1 atom stereocenters. The van der Waals surface area contributed by atoms with Crippen LogP contribution in [0.15, 0.2) is 30.3 Å². The summed E-state index contributed by atoms with van der Waals surface area (Å²) in [6.45, 7) is 0.610. The van der Waals surface area contributed by atoms with Gasteiger partial charge in [0.15, 0.2) is 0 Å². The maximum absolute atomic E-state index is 12.4. The monoisotopic (exact) mass is 276 g/mol. The minimum atomic E-state index is -0.452. The molecule has 1 unspecified atom stereocenters. The number of hydrogen-bond acceptors (Lipinski definition) is 3. The number of piperazine rings is 1. The maximum Gasteiger partial charge on any atom is 0.246 e. The Labute approximate surface area is 118 Å². The Morgan fingerprint density at radius 2 is 1.95 bits per heavy atom. The summed E-state index contributed by atoms with van der Waals surface area (Å²) in [4.78, 5) is 27.5. The van der Waals surface area contributed by atoms with Crippen LogP contribution in [0.1, 0.15) is 18.4 Å². The van der Waals surface area contributed by atoms with E-state index in [-0.39, 0.29) is 25.0 Å². The molecule has 0 saturated carbocycles. The first-order valence-corrected chi connectivity index (χ1v) is 6.82. The quantitative estimate of drug-likeness (QED) is 0.858. The molecule has 2 rings (SSSR count). The first-order valence-electron chi connectivity index (χ1n) is 6.82. The van der Waals surface area contributed by atoms with Gasteiger partial charge in [-0.3, -0.25) is 9.59 Å². The Balaban J connectivity index is 2.09. The van der Waals surface area contributed by atoms with Gasteiger partial charge in [-0.05, 0) is 18.4 Å². The van der Waals surface area contributed by atoms with Crippen LogP contribution < -0.4 is 0 Å². The fraction of sp³-hybridized carbons (Fsp3) is 0.467. The van der Waals surface area contributed by atoms with Crippen molar-refractivity contribution in [1.82, 2.24) is 9.80 Å². The summed E-state index contributed by atoms with van der Waals surface area (Å²) in [7, 11) is 1.65. The van der Waals surface area contributed by atoms with Crippen LogP contribution in [0.4, 0.5) is 0 Å². The van der Waals surface area contributed by atoms with Crippen LogP contribution in [0.3, 0.4) is 0 Å². The fourth-order valence-corrected chi connectivity index (χ4v) is 2.44. The Morgan fingerprint density at radius 3 is 2.60 bits per heavy atom. The first-order chi connectivity index (χ1) is 9.63. The molecule has 0 aliphatic carbocycles. The van der Waals surface area contributed by atoms with Crippen molar-refractivity contribution in [2.45, 2.75) is 25.4 Å². The second-order valence-electron chi connectivity index (χ2n) is 5.07. The van der Waals surface area contributed by atoms with Crippen LogP contribution in [0.5, 0.6) is 0 Å². The smallest absolute Gasteiger partial charge is 0.246 e. The molecule has 1 fully saturated rings. The molecule has 5 nitrogen and oxygen atoms in total. The van der Waals surface area contributed by atoms with Gasteiger partial charge in [0.2, 0.25) is 11.8 Å². The summed E-state index contributed by atoms with van der Waals surface area (Å²) in [5.74, 6) is -0.0899. The number of carbonyl (C=O) groups excluding carboxylic acids is 2. The third-order valence-corrected chi connectivity index (χ3v) is 3.64. The van der Waals surface area contributed by atoms with Gasteiger partial charge in [0.05, 0.1) is 0 Å². The molecule has 1 aliphatic heterocycles. The van der Waals surface area contributed by atoms with Gasteiger partial charge in [0, 0.05) is 20.2 Å². The average Bonchev–Trinajstić information content (AvgIpc) is 2.46. The lowest BCUT2D eigenvalue weighted by Gasteiger charge is -2.38. The zero-order chi connectivity index (χ0) is 14.5. The van der Waals surface area contributed by atoms with Crippen molar-refractivity contribution in [2.75, 3.05) is 20.2 Å². The molecule has 1 aromatic rings. The number of amides is 2. The van der Waals surface area contributed by atoms with Crippen LogP contribution >= 0.6 is 0 Å². The number of nitrogens with zero attached hydrogens (tertiary/aromatic N) is 2. The van der Waals surface area contributed by atoms with Crippen LogP contribution in [-0.2, 0) is 16.1 Å². The Morgan fingerprint density at radius 1 is 1.25 bits per heavy atom. The van der Waals surface area contributed by atoms with E-state index < -0.39 is 6.04 Å². The maximum atomic E-state index is 12.4. The van der Waals surface area contributed by atoms with Crippen molar-refractivity contribution < 1.29 is 14.7 Å². The minimum Gasteiger partial charge on any atom is -0.396 e. The second-order valence-corrected chi connectivity index (χ2v) is 5.07. The number of aliphatic hydroxyl groups is 1. The van der Waals surface area contributed by atoms with Crippen molar-refractivity contribution in [3.05, 3.63) is 35.9 Å². The highest BCUT2D eigenvalue weighted by molar-refractivity contribution is 5.94. The van der Waals surface area contributed by atoms with E-state index in [1.807, 2.05) is 30.3 Å². The fourth-order valence-electron chi connectivity index (χ4n) is 2.44. The summed E-state index contributed by atoms with van der Waals surface area (Å²) in [6, 6.07) is 9.19. The van der Waals surface area contributed by atoms with Gasteiger partial charge in [-0.15, -0.1) is 0 Å². The minimum absolute atomic E-state index is 0.0322. The van der Waals surface area contributed by atoms with E-state index in [9.17, 15) is 9.59 Å². The van der Waals surface area contributed by atoms with E-state index in [1.54, 1.807) is 11.9 Å². The van der Waals surface area contributed by atoms with Gasteiger partial charge < -0.3 is 14.9 Å². The number of rotatable bonds is 5. The summed E-state index contributed by atoms with van der Waals surface area (Å²) < 4.78 is 0. The van der Waals surface area contributed by atoms with E-state index in [1.165, 1.54) is 4.90 Å². The van der Waals surface area contributed by atoms with Gasteiger partial charge in [-0.1, -0.05) is 30.3 Å². The lowest BCUT2D eigenvalue weighted by atomic mass is 10.0. The van der Waals surface area contributed by atoms with Gasteiger partial charge in [0.1, 0.15) is 12.6 Å². The van der Waals surface area contributed by atoms with E-state index in [2.05, 4.69) is 0 Å². The molecule has 1 aliphatic rings.